The summed E-state index contributed by atoms with van der Waals surface area (Å²) >= 11 is 0. The van der Waals surface area contributed by atoms with Crippen molar-refractivity contribution in [1.82, 2.24) is 10.2 Å². The molecule has 0 spiro atoms. The molecule has 0 amide bonds. The van der Waals surface area contributed by atoms with E-state index in [9.17, 15) is 0 Å². The first kappa shape index (κ1) is 11.4. The van der Waals surface area contributed by atoms with E-state index in [2.05, 4.69) is 17.1 Å². The standard InChI is InChI=1S/C12H24N2O/c1-2-5-13-12-3-6-14(9-12)8-11-4-7-15-10-11/h11-13H,2-10H2,1H3. The van der Waals surface area contributed by atoms with Crippen LogP contribution in [0.4, 0.5) is 0 Å². The molecule has 2 fully saturated rings. The topological polar surface area (TPSA) is 24.5 Å². The summed E-state index contributed by atoms with van der Waals surface area (Å²) in [5.74, 6) is 0.801. The minimum absolute atomic E-state index is 0.743. The van der Waals surface area contributed by atoms with E-state index < -0.39 is 0 Å². The summed E-state index contributed by atoms with van der Waals surface area (Å²) in [5, 5.41) is 3.61. The monoisotopic (exact) mass is 212 g/mol. The first-order valence-electron chi connectivity index (χ1n) is 6.42. The molecule has 2 saturated heterocycles. The van der Waals surface area contributed by atoms with E-state index in [1.54, 1.807) is 0 Å². The second-order valence-electron chi connectivity index (χ2n) is 4.93. The summed E-state index contributed by atoms with van der Waals surface area (Å²) in [7, 11) is 0. The van der Waals surface area contributed by atoms with Gasteiger partial charge in [-0.3, -0.25) is 0 Å². The van der Waals surface area contributed by atoms with Crippen molar-refractivity contribution >= 4 is 0 Å². The third kappa shape index (κ3) is 3.44. The van der Waals surface area contributed by atoms with Crippen LogP contribution in [0.5, 0.6) is 0 Å². The maximum absolute atomic E-state index is 5.42. The number of nitrogens with one attached hydrogen (secondary N) is 1. The smallest absolute Gasteiger partial charge is 0.0507 e. The number of hydrogen-bond acceptors (Lipinski definition) is 3. The lowest BCUT2D eigenvalue weighted by Crippen LogP contribution is -2.34. The molecule has 2 heterocycles. The molecule has 0 saturated carbocycles. The third-order valence-corrected chi connectivity index (χ3v) is 3.50. The van der Waals surface area contributed by atoms with Gasteiger partial charge in [0.2, 0.25) is 0 Å². The van der Waals surface area contributed by atoms with Gasteiger partial charge in [-0.2, -0.15) is 0 Å². The fraction of sp³-hybridized carbons (Fsp3) is 1.00. The normalized spacial score (nSPS) is 32.6. The highest BCUT2D eigenvalue weighted by Gasteiger charge is 2.25. The molecule has 1 N–H and O–H groups in total. The minimum Gasteiger partial charge on any atom is -0.381 e. The zero-order valence-corrected chi connectivity index (χ0v) is 9.87. The van der Waals surface area contributed by atoms with Gasteiger partial charge < -0.3 is 15.0 Å². The number of hydrogen-bond donors (Lipinski definition) is 1. The van der Waals surface area contributed by atoms with Crippen molar-refractivity contribution in [3.63, 3.8) is 0 Å². The van der Waals surface area contributed by atoms with Crippen molar-refractivity contribution < 1.29 is 4.74 Å². The number of nitrogens with zero attached hydrogens (tertiary/aromatic N) is 1. The van der Waals surface area contributed by atoms with Crippen molar-refractivity contribution in [1.29, 1.82) is 0 Å². The lowest BCUT2D eigenvalue weighted by atomic mass is 10.1. The second-order valence-corrected chi connectivity index (χ2v) is 4.93. The lowest BCUT2D eigenvalue weighted by molar-refractivity contribution is 0.173. The fourth-order valence-electron chi connectivity index (χ4n) is 2.61. The molecule has 0 aliphatic carbocycles. The molecular weight excluding hydrogens is 188 g/mol. The summed E-state index contributed by atoms with van der Waals surface area (Å²) in [5.41, 5.74) is 0. The van der Waals surface area contributed by atoms with E-state index in [0.29, 0.717) is 0 Å². The molecule has 0 aromatic heterocycles. The Morgan fingerprint density at radius 2 is 2.33 bits per heavy atom. The first-order chi connectivity index (χ1) is 7.38. The molecule has 3 heteroatoms. The number of likely N-dealkylation sites (tertiary alicyclic amines) is 1. The van der Waals surface area contributed by atoms with Gasteiger partial charge in [0, 0.05) is 25.7 Å². The van der Waals surface area contributed by atoms with Crippen LogP contribution >= 0.6 is 0 Å². The Balaban J connectivity index is 1.63. The highest BCUT2D eigenvalue weighted by Crippen LogP contribution is 2.17. The highest BCUT2D eigenvalue weighted by atomic mass is 16.5. The van der Waals surface area contributed by atoms with E-state index in [4.69, 9.17) is 4.74 Å². The number of ether oxygens (including phenoxy) is 1. The Labute approximate surface area is 93.2 Å². The van der Waals surface area contributed by atoms with Crippen LogP contribution in [0, 0.1) is 5.92 Å². The van der Waals surface area contributed by atoms with Crippen LogP contribution in [0.2, 0.25) is 0 Å². The summed E-state index contributed by atoms with van der Waals surface area (Å²) < 4.78 is 5.42. The van der Waals surface area contributed by atoms with Gasteiger partial charge in [0.1, 0.15) is 0 Å². The van der Waals surface area contributed by atoms with E-state index in [1.165, 1.54) is 45.4 Å². The zero-order valence-electron chi connectivity index (χ0n) is 9.87. The van der Waals surface area contributed by atoms with Gasteiger partial charge in [-0.25, -0.2) is 0 Å². The van der Waals surface area contributed by atoms with Crippen LogP contribution < -0.4 is 5.32 Å². The molecule has 2 rings (SSSR count). The van der Waals surface area contributed by atoms with Crippen molar-refractivity contribution in [3.8, 4) is 0 Å². The van der Waals surface area contributed by atoms with E-state index >= 15 is 0 Å². The predicted octanol–water partition coefficient (Wildman–Crippen LogP) is 1.10. The van der Waals surface area contributed by atoms with Crippen LogP contribution in [0.1, 0.15) is 26.2 Å². The van der Waals surface area contributed by atoms with Gasteiger partial charge in [-0.05, 0) is 38.3 Å². The van der Waals surface area contributed by atoms with Crippen LogP contribution in [-0.2, 0) is 4.74 Å². The van der Waals surface area contributed by atoms with Gasteiger partial charge in [0.25, 0.3) is 0 Å². The largest absolute Gasteiger partial charge is 0.381 e. The van der Waals surface area contributed by atoms with Gasteiger partial charge in [-0.1, -0.05) is 6.92 Å². The molecule has 88 valence electrons. The molecule has 3 nitrogen and oxygen atoms in total. The fourth-order valence-corrected chi connectivity index (χ4v) is 2.61. The molecule has 2 atom stereocenters. The van der Waals surface area contributed by atoms with Crippen molar-refractivity contribution in [2.45, 2.75) is 32.2 Å². The Morgan fingerprint density at radius 1 is 1.40 bits per heavy atom. The van der Waals surface area contributed by atoms with Gasteiger partial charge >= 0.3 is 0 Å². The SMILES string of the molecule is CCCNC1CCN(CC2CCOC2)C1. The third-order valence-electron chi connectivity index (χ3n) is 3.50. The molecule has 2 aliphatic heterocycles. The highest BCUT2D eigenvalue weighted by molar-refractivity contribution is 4.82. The van der Waals surface area contributed by atoms with Gasteiger partial charge in [-0.15, -0.1) is 0 Å². The van der Waals surface area contributed by atoms with Crippen LogP contribution in [0.15, 0.2) is 0 Å². The van der Waals surface area contributed by atoms with E-state index in [1.807, 2.05) is 0 Å². The first-order valence-corrected chi connectivity index (χ1v) is 6.42. The average molecular weight is 212 g/mol. The molecule has 15 heavy (non-hydrogen) atoms. The maximum atomic E-state index is 5.42. The van der Waals surface area contributed by atoms with Crippen LogP contribution in [-0.4, -0.2) is 50.3 Å². The summed E-state index contributed by atoms with van der Waals surface area (Å²) in [6, 6.07) is 0.743. The quantitative estimate of drug-likeness (QED) is 0.738. The minimum atomic E-state index is 0.743. The molecule has 0 bridgehead atoms. The maximum Gasteiger partial charge on any atom is 0.0507 e. The second kappa shape index (κ2) is 5.83. The number of rotatable bonds is 5. The van der Waals surface area contributed by atoms with E-state index in [-0.39, 0.29) is 0 Å². The zero-order chi connectivity index (χ0) is 10.5. The Bertz CT molecular complexity index is 180. The van der Waals surface area contributed by atoms with E-state index in [0.717, 1.165) is 25.2 Å². The lowest BCUT2D eigenvalue weighted by Gasteiger charge is -2.19. The van der Waals surface area contributed by atoms with Crippen LogP contribution in [0.25, 0.3) is 0 Å². The Hall–Kier alpha value is -0.120. The van der Waals surface area contributed by atoms with Crippen molar-refractivity contribution in [3.05, 3.63) is 0 Å². The molecular formula is C12H24N2O. The average Bonchev–Trinajstić information content (AvgIpc) is 2.87. The Morgan fingerprint density at radius 3 is 3.07 bits per heavy atom. The molecule has 2 unspecified atom stereocenters. The van der Waals surface area contributed by atoms with Gasteiger partial charge in [0.15, 0.2) is 0 Å². The predicted molar refractivity (Wildman–Crippen MR) is 62.1 cm³/mol. The molecule has 0 aromatic carbocycles. The molecule has 0 aromatic rings. The van der Waals surface area contributed by atoms with Crippen molar-refractivity contribution in [2.24, 2.45) is 5.92 Å². The van der Waals surface area contributed by atoms with Crippen LogP contribution in [0.3, 0.4) is 0 Å². The summed E-state index contributed by atoms with van der Waals surface area (Å²) in [6.45, 7) is 9.15. The molecule has 2 aliphatic rings. The molecule has 0 radical (unpaired) electrons. The summed E-state index contributed by atoms with van der Waals surface area (Å²) in [6.07, 6.45) is 3.84. The van der Waals surface area contributed by atoms with Crippen molar-refractivity contribution in [2.75, 3.05) is 39.4 Å². The van der Waals surface area contributed by atoms with Gasteiger partial charge in [0.05, 0.1) is 6.61 Å². The summed E-state index contributed by atoms with van der Waals surface area (Å²) in [4.78, 5) is 2.60. The Kier molecular flexibility index (Phi) is 4.42.